The fourth-order valence-corrected chi connectivity index (χ4v) is 9.14. The summed E-state index contributed by atoms with van der Waals surface area (Å²) in [5, 5.41) is 25.4. The van der Waals surface area contributed by atoms with Gasteiger partial charge in [-0.25, -0.2) is 9.67 Å². The summed E-state index contributed by atoms with van der Waals surface area (Å²) in [5.74, 6) is 0.0916. The molecule has 37 heavy (non-hydrogen) atoms. The van der Waals surface area contributed by atoms with E-state index < -0.39 is 12.1 Å². The normalized spacial score (nSPS) is 35.8. The number of nitrogens with zero attached hydrogens (tertiary/aromatic N) is 4. The molecule has 2 saturated carbocycles. The van der Waals surface area contributed by atoms with Gasteiger partial charge in [-0.3, -0.25) is 4.79 Å². The van der Waals surface area contributed by atoms with Crippen molar-refractivity contribution in [3.05, 3.63) is 59.0 Å². The third kappa shape index (κ3) is 3.58. The van der Waals surface area contributed by atoms with Crippen LogP contribution in [0, 0.1) is 51.8 Å². The van der Waals surface area contributed by atoms with Gasteiger partial charge >= 0.3 is 0 Å². The van der Waals surface area contributed by atoms with Crippen LogP contribution in [0.15, 0.2) is 41.7 Å². The zero-order chi connectivity index (χ0) is 26.1. The summed E-state index contributed by atoms with van der Waals surface area (Å²) >= 11 is 1.13. The molecule has 8 heteroatoms. The van der Waals surface area contributed by atoms with Crippen molar-refractivity contribution in [2.75, 3.05) is 5.75 Å². The molecule has 2 fully saturated rings. The van der Waals surface area contributed by atoms with Crippen molar-refractivity contribution in [2.24, 2.45) is 34.5 Å². The second kappa shape index (κ2) is 8.64. The second-order valence-corrected chi connectivity index (χ2v) is 12.7. The Hall–Kier alpha value is -2.76. The van der Waals surface area contributed by atoms with E-state index in [0.717, 1.165) is 42.3 Å². The van der Waals surface area contributed by atoms with Gasteiger partial charge in [0.05, 0.1) is 41.7 Å². The van der Waals surface area contributed by atoms with E-state index in [1.807, 2.05) is 10.9 Å². The first kappa shape index (κ1) is 24.6. The van der Waals surface area contributed by atoms with E-state index in [1.54, 1.807) is 6.07 Å². The van der Waals surface area contributed by atoms with Gasteiger partial charge in [-0.2, -0.15) is 14.8 Å². The van der Waals surface area contributed by atoms with Gasteiger partial charge in [0.15, 0.2) is 5.12 Å². The van der Waals surface area contributed by atoms with Gasteiger partial charge in [-0.1, -0.05) is 37.3 Å². The first-order valence-electron chi connectivity index (χ1n) is 13.0. The number of thioether (sulfide) groups is 1. The highest BCUT2D eigenvalue weighted by atomic mass is 32.2. The Morgan fingerprint density at radius 2 is 2.14 bits per heavy atom. The summed E-state index contributed by atoms with van der Waals surface area (Å²) in [6, 6.07) is 5.10. The van der Waals surface area contributed by atoms with Crippen LogP contribution in [0.3, 0.4) is 0 Å². The first-order valence-corrected chi connectivity index (χ1v) is 14.0. The number of carbonyl (C=O) groups is 1. The molecule has 192 valence electrons. The Labute approximate surface area is 220 Å². The van der Waals surface area contributed by atoms with Crippen LogP contribution in [0.25, 0.3) is 11.8 Å². The Morgan fingerprint density at radius 3 is 2.86 bits per heavy atom. The van der Waals surface area contributed by atoms with Gasteiger partial charge in [-0.05, 0) is 79.2 Å². The number of aliphatic hydroxyl groups excluding tert-OH is 1. The molecule has 0 radical (unpaired) electrons. The fraction of sp³-hybridized carbons (Fsp3) is 0.517. The molecule has 4 aliphatic rings. The number of allylic oxidation sites excluding steroid dienone is 3. The van der Waals surface area contributed by atoms with Crippen LogP contribution in [0.4, 0.5) is 4.39 Å². The Bertz CT molecular complexity index is 1380. The van der Waals surface area contributed by atoms with E-state index in [0.29, 0.717) is 18.0 Å². The van der Waals surface area contributed by atoms with Gasteiger partial charge in [0, 0.05) is 17.3 Å². The predicted molar refractivity (Wildman–Crippen MR) is 140 cm³/mol. The number of hydrogen-bond donors (Lipinski definition) is 1. The monoisotopic (exact) mass is 518 g/mol. The SMILES string of the molecule is CC1=CC2C(C(O)CC3(C)C(C(=O)SCC#N)CCC23)C2(C)Cc3cnn(-c4ccc(F)nc4)c3C=C12. The summed E-state index contributed by atoms with van der Waals surface area (Å²) in [7, 11) is 0. The van der Waals surface area contributed by atoms with Gasteiger partial charge in [0.25, 0.3) is 0 Å². The molecular weight excluding hydrogens is 487 g/mol. The van der Waals surface area contributed by atoms with Crippen LogP contribution in [-0.2, 0) is 11.2 Å². The number of carbonyl (C=O) groups excluding carboxylic acids is 1. The van der Waals surface area contributed by atoms with Crippen molar-refractivity contribution in [3.8, 4) is 11.8 Å². The van der Waals surface area contributed by atoms with Gasteiger partial charge < -0.3 is 5.11 Å². The molecule has 0 amide bonds. The van der Waals surface area contributed by atoms with Gasteiger partial charge in [0.1, 0.15) is 0 Å². The average molecular weight is 519 g/mol. The van der Waals surface area contributed by atoms with Crippen molar-refractivity contribution in [1.29, 1.82) is 5.26 Å². The molecule has 6 nitrogen and oxygen atoms in total. The topological polar surface area (TPSA) is 91.8 Å². The number of hydrogen-bond acceptors (Lipinski definition) is 6. The van der Waals surface area contributed by atoms with E-state index in [9.17, 15) is 14.3 Å². The van der Waals surface area contributed by atoms with Crippen LogP contribution >= 0.6 is 11.8 Å². The quantitative estimate of drug-likeness (QED) is 0.567. The Morgan fingerprint density at radius 1 is 1.32 bits per heavy atom. The van der Waals surface area contributed by atoms with Crippen LogP contribution in [0.5, 0.6) is 0 Å². The highest BCUT2D eigenvalue weighted by Crippen LogP contribution is 2.66. The van der Waals surface area contributed by atoms with E-state index in [-0.39, 0.29) is 39.5 Å². The summed E-state index contributed by atoms with van der Waals surface area (Å²) in [6.07, 6.45) is 10.5. The molecule has 2 aromatic heterocycles. The molecule has 6 rings (SSSR count). The maximum atomic E-state index is 13.4. The maximum Gasteiger partial charge on any atom is 0.212 e. The van der Waals surface area contributed by atoms with Crippen LogP contribution in [-0.4, -0.2) is 36.8 Å². The lowest BCUT2D eigenvalue weighted by atomic mass is 9.47. The summed E-state index contributed by atoms with van der Waals surface area (Å²) < 4.78 is 15.2. The summed E-state index contributed by atoms with van der Waals surface area (Å²) in [4.78, 5) is 16.8. The molecule has 0 spiro atoms. The Kier molecular flexibility index (Phi) is 5.74. The van der Waals surface area contributed by atoms with Crippen LogP contribution in [0.1, 0.15) is 51.3 Å². The van der Waals surface area contributed by atoms with Gasteiger partial charge in [-0.15, -0.1) is 0 Å². The number of fused-ring (bicyclic) bond motifs is 6. The fourth-order valence-electron chi connectivity index (χ4n) is 8.35. The maximum absolute atomic E-state index is 13.4. The minimum atomic E-state index is -0.531. The summed E-state index contributed by atoms with van der Waals surface area (Å²) in [5.41, 5.74) is 4.70. The highest BCUT2D eigenvalue weighted by Gasteiger charge is 2.62. The molecule has 2 heterocycles. The van der Waals surface area contributed by atoms with Crippen molar-refractivity contribution >= 4 is 23.0 Å². The molecule has 0 bridgehead atoms. The molecule has 7 unspecified atom stereocenters. The second-order valence-electron chi connectivity index (χ2n) is 11.7. The molecule has 1 N–H and O–H groups in total. The largest absolute Gasteiger partial charge is 0.393 e. The smallest absolute Gasteiger partial charge is 0.212 e. The van der Waals surface area contributed by atoms with E-state index >= 15 is 0 Å². The first-order chi connectivity index (χ1) is 17.7. The number of aromatic nitrogens is 3. The molecule has 7 atom stereocenters. The molecule has 0 saturated heterocycles. The molecule has 0 aliphatic heterocycles. The molecule has 4 aliphatic carbocycles. The average Bonchev–Trinajstić information content (AvgIpc) is 3.41. The number of nitriles is 1. The van der Waals surface area contributed by atoms with Crippen molar-refractivity contribution in [3.63, 3.8) is 0 Å². The molecule has 0 aromatic carbocycles. The lowest BCUT2D eigenvalue weighted by molar-refractivity contribution is -0.127. The Balaban J connectivity index is 1.39. The number of pyridine rings is 1. The third-order valence-corrected chi connectivity index (χ3v) is 10.7. The van der Waals surface area contributed by atoms with E-state index in [2.05, 4.69) is 49.1 Å². The number of halogens is 1. The van der Waals surface area contributed by atoms with E-state index in [1.165, 1.54) is 23.4 Å². The zero-order valence-corrected chi connectivity index (χ0v) is 22.1. The molecular formula is C29H31FN4O2S. The zero-order valence-electron chi connectivity index (χ0n) is 21.3. The minimum absolute atomic E-state index is 0.0464. The number of aliphatic hydroxyl groups is 1. The summed E-state index contributed by atoms with van der Waals surface area (Å²) in [6.45, 7) is 6.62. The van der Waals surface area contributed by atoms with Crippen LogP contribution < -0.4 is 0 Å². The predicted octanol–water partition coefficient (Wildman–Crippen LogP) is 5.12. The lowest BCUT2D eigenvalue weighted by Crippen LogP contribution is -2.56. The number of rotatable bonds is 3. The standard InChI is InChI=1S/C29H31FN4O2S/c1-16-10-19-20-5-6-21(27(36)37-9-8-31)28(20,2)13-24(35)26(19)29(3)12-17-14-33-34(23(17)11-22(16)29)18-4-7-25(30)32-15-18/h4,7,10-11,14-15,19-21,24,26,35H,5-6,9,12-13H2,1-3H3. The van der Waals surface area contributed by atoms with Crippen LogP contribution in [0.2, 0.25) is 0 Å². The van der Waals surface area contributed by atoms with Gasteiger partial charge in [0.2, 0.25) is 5.95 Å². The highest BCUT2D eigenvalue weighted by molar-refractivity contribution is 8.13. The molecule has 2 aromatic rings. The van der Waals surface area contributed by atoms with Crippen molar-refractivity contribution < 1.29 is 14.3 Å². The third-order valence-electron chi connectivity index (χ3n) is 9.82. The van der Waals surface area contributed by atoms with Crippen molar-refractivity contribution in [1.82, 2.24) is 14.8 Å². The van der Waals surface area contributed by atoms with E-state index in [4.69, 9.17) is 5.26 Å². The lowest BCUT2D eigenvalue weighted by Gasteiger charge is -2.58. The minimum Gasteiger partial charge on any atom is -0.393 e. The van der Waals surface area contributed by atoms with Crippen molar-refractivity contribution in [2.45, 2.75) is 52.6 Å².